The zero-order chi connectivity index (χ0) is 19.2. The van der Waals surface area contributed by atoms with Crippen molar-refractivity contribution in [2.75, 3.05) is 13.9 Å². The number of fused-ring (bicyclic) bond motifs is 2. The molecule has 5 nitrogen and oxygen atoms in total. The number of rotatable bonds is 4. The minimum atomic E-state index is -0.386. The van der Waals surface area contributed by atoms with Gasteiger partial charge in [-0.15, -0.1) is 0 Å². The molecule has 2 heterocycles. The lowest BCUT2D eigenvalue weighted by molar-refractivity contribution is 0.0962. The van der Waals surface area contributed by atoms with Crippen molar-refractivity contribution >= 4 is 11.9 Å². The van der Waals surface area contributed by atoms with E-state index in [0.717, 1.165) is 11.1 Å². The molecule has 0 radical (unpaired) electrons. The molecule has 0 bridgehead atoms. The standard InChI is InChI=1S/C22H22O5/c1-13(14-5-7-18-19(11-14)26-12-25-18)20(23)16-6-8-17-15(21(16)24-4)9-10-22(2,3)27-17/h5-11,13H,12H2,1-4H3. The van der Waals surface area contributed by atoms with Gasteiger partial charge in [0.2, 0.25) is 6.79 Å². The first kappa shape index (κ1) is 17.5. The SMILES string of the molecule is COc1c(C(=O)C(C)c2ccc3c(c2)OCO3)ccc2c1C=CC(C)(C)O2. The molecule has 1 unspecified atom stereocenters. The molecule has 0 spiro atoms. The summed E-state index contributed by atoms with van der Waals surface area (Å²) in [6.45, 7) is 6.07. The van der Waals surface area contributed by atoms with Crippen molar-refractivity contribution in [3.05, 3.63) is 53.1 Å². The molecule has 1 atom stereocenters. The summed E-state index contributed by atoms with van der Waals surface area (Å²) in [6.07, 6.45) is 3.92. The van der Waals surface area contributed by atoms with Crippen molar-refractivity contribution in [1.29, 1.82) is 0 Å². The van der Waals surface area contributed by atoms with Gasteiger partial charge >= 0.3 is 0 Å². The third-order valence-electron chi connectivity index (χ3n) is 4.94. The second kappa shape index (κ2) is 6.34. The Morgan fingerprint density at radius 1 is 1.11 bits per heavy atom. The predicted octanol–water partition coefficient (Wildman–Crippen LogP) is 4.59. The first-order valence-corrected chi connectivity index (χ1v) is 8.92. The Kier molecular flexibility index (Phi) is 4.10. The summed E-state index contributed by atoms with van der Waals surface area (Å²) < 4.78 is 22.4. The zero-order valence-corrected chi connectivity index (χ0v) is 15.9. The molecule has 0 amide bonds. The van der Waals surface area contributed by atoms with Crippen LogP contribution in [0.15, 0.2) is 36.4 Å². The lowest BCUT2D eigenvalue weighted by atomic mass is 9.89. The topological polar surface area (TPSA) is 54.0 Å². The van der Waals surface area contributed by atoms with Gasteiger partial charge in [0.1, 0.15) is 17.1 Å². The highest BCUT2D eigenvalue weighted by Crippen LogP contribution is 2.41. The molecule has 2 aliphatic rings. The monoisotopic (exact) mass is 366 g/mol. The summed E-state index contributed by atoms with van der Waals surface area (Å²) in [4.78, 5) is 13.2. The van der Waals surface area contributed by atoms with Crippen LogP contribution in [0.25, 0.3) is 6.08 Å². The number of hydrogen-bond acceptors (Lipinski definition) is 5. The number of ketones is 1. The molecule has 27 heavy (non-hydrogen) atoms. The normalized spacial score (nSPS) is 17.0. The lowest BCUT2D eigenvalue weighted by Gasteiger charge is -2.29. The van der Waals surface area contributed by atoms with Crippen molar-refractivity contribution in [3.8, 4) is 23.0 Å². The fourth-order valence-corrected chi connectivity index (χ4v) is 3.41. The zero-order valence-electron chi connectivity index (χ0n) is 15.9. The number of ether oxygens (including phenoxy) is 4. The van der Waals surface area contributed by atoms with Gasteiger partial charge in [-0.25, -0.2) is 0 Å². The molecule has 2 aromatic carbocycles. The molecule has 0 aliphatic carbocycles. The average molecular weight is 366 g/mol. The number of hydrogen-bond donors (Lipinski definition) is 0. The minimum absolute atomic E-state index is 0.0215. The van der Waals surface area contributed by atoms with Crippen molar-refractivity contribution in [2.24, 2.45) is 0 Å². The Labute approximate surface area is 158 Å². The molecule has 0 saturated heterocycles. The highest BCUT2D eigenvalue weighted by molar-refractivity contribution is 6.04. The van der Waals surface area contributed by atoms with Crippen molar-refractivity contribution in [3.63, 3.8) is 0 Å². The first-order valence-electron chi connectivity index (χ1n) is 8.92. The summed E-state index contributed by atoms with van der Waals surface area (Å²) in [6, 6.07) is 9.21. The highest BCUT2D eigenvalue weighted by Gasteiger charge is 2.29. The molecule has 0 fully saturated rings. The van der Waals surface area contributed by atoms with Crippen LogP contribution in [-0.2, 0) is 0 Å². The van der Waals surface area contributed by atoms with Crippen molar-refractivity contribution < 1.29 is 23.7 Å². The number of Topliss-reactive ketones (excluding diaryl/α,β-unsaturated/α-hetero) is 1. The van der Waals surface area contributed by atoms with Crippen LogP contribution in [0.3, 0.4) is 0 Å². The van der Waals surface area contributed by atoms with E-state index in [1.165, 1.54) is 0 Å². The van der Waals surface area contributed by atoms with Crippen molar-refractivity contribution in [1.82, 2.24) is 0 Å². The Hall–Kier alpha value is -2.95. The summed E-state index contributed by atoms with van der Waals surface area (Å²) >= 11 is 0. The Morgan fingerprint density at radius 2 is 1.85 bits per heavy atom. The van der Waals surface area contributed by atoms with Gasteiger partial charge in [0.25, 0.3) is 0 Å². The molecule has 2 aliphatic heterocycles. The van der Waals surface area contributed by atoms with E-state index in [1.807, 2.05) is 57.2 Å². The van der Waals surface area contributed by atoms with Crippen LogP contribution in [0.1, 0.15) is 48.2 Å². The molecule has 140 valence electrons. The summed E-state index contributed by atoms with van der Waals surface area (Å²) in [7, 11) is 1.57. The predicted molar refractivity (Wildman–Crippen MR) is 102 cm³/mol. The molecular weight excluding hydrogens is 344 g/mol. The van der Waals surface area contributed by atoms with E-state index in [1.54, 1.807) is 13.2 Å². The molecule has 0 saturated carbocycles. The maximum absolute atomic E-state index is 13.2. The summed E-state index contributed by atoms with van der Waals surface area (Å²) in [5.41, 5.74) is 1.82. The van der Waals surface area contributed by atoms with Gasteiger partial charge in [-0.3, -0.25) is 4.79 Å². The first-order chi connectivity index (χ1) is 12.9. The Bertz CT molecular complexity index is 942. The number of methoxy groups -OCH3 is 1. The van der Waals surface area contributed by atoms with Crippen LogP contribution in [0.4, 0.5) is 0 Å². The van der Waals surface area contributed by atoms with Gasteiger partial charge in [-0.05, 0) is 55.8 Å². The number of carbonyl (C=O) groups is 1. The van der Waals surface area contributed by atoms with E-state index < -0.39 is 0 Å². The van der Waals surface area contributed by atoms with Gasteiger partial charge in [-0.1, -0.05) is 13.0 Å². The van der Waals surface area contributed by atoms with Gasteiger partial charge in [-0.2, -0.15) is 0 Å². The molecule has 0 aromatic heterocycles. The Balaban J connectivity index is 1.70. The lowest BCUT2D eigenvalue weighted by Crippen LogP contribution is -2.27. The largest absolute Gasteiger partial charge is 0.495 e. The summed E-state index contributed by atoms with van der Waals surface area (Å²) in [5.74, 6) is 2.25. The summed E-state index contributed by atoms with van der Waals surface area (Å²) in [5, 5.41) is 0. The van der Waals surface area contributed by atoms with Crippen LogP contribution in [-0.4, -0.2) is 25.3 Å². The smallest absolute Gasteiger partial charge is 0.231 e. The number of carbonyl (C=O) groups excluding carboxylic acids is 1. The average Bonchev–Trinajstić information content (AvgIpc) is 3.12. The minimum Gasteiger partial charge on any atom is -0.495 e. The quantitative estimate of drug-likeness (QED) is 0.741. The second-order valence-corrected chi connectivity index (χ2v) is 7.30. The maximum Gasteiger partial charge on any atom is 0.231 e. The number of benzene rings is 2. The van der Waals surface area contributed by atoms with Crippen LogP contribution in [0, 0.1) is 0 Å². The van der Waals surface area contributed by atoms with E-state index in [9.17, 15) is 4.79 Å². The van der Waals surface area contributed by atoms with Gasteiger partial charge in [0.05, 0.1) is 18.2 Å². The van der Waals surface area contributed by atoms with Gasteiger partial charge in [0, 0.05) is 5.92 Å². The fraction of sp³-hybridized carbons (Fsp3) is 0.318. The molecule has 0 N–H and O–H groups in total. The van der Waals surface area contributed by atoms with Gasteiger partial charge < -0.3 is 18.9 Å². The third-order valence-corrected chi connectivity index (χ3v) is 4.94. The Morgan fingerprint density at radius 3 is 2.63 bits per heavy atom. The van der Waals surface area contributed by atoms with E-state index >= 15 is 0 Å². The molecular formula is C22H22O5. The highest BCUT2D eigenvalue weighted by atomic mass is 16.7. The van der Waals surface area contributed by atoms with Crippen LogP contribution in [0.5, 0.6) is 23.0 Å². The molecule has 4 rings (SSSR count). The van der Waals surface area contributed by atoms with E-state index in [4.69, 9.17) is 18.9 Å². The third kappa shape index (κ3) is 3.03. The second-order valence-electron chi connectivity index (χ2n) is 7.30. The van der Waals surface area contributed by atoms with E-state index in [-0.39, 0.29) is 24.1 Å². The van der Waals surface area contributed by atoms with E-state index in [2.05, 4.69) is 0 Å². The van der Waals surface area contributed by atoms with Crippen molar-refractivity contribution in [2.45, 2.75) is 32.3 Å². The molecule has 2 aromatic rings. The van der Waals surface area contributed by atoms with Crippen LogP contribution < -0.4 is 18.9 Å². The molecule has 5 heteroatoms. The van der Waals surface area contributed by atoms with Crippen LogP contribution in [0.2, 0.25) is 0 Å². The maximum atomic E-state index is 13.2. The van der Waals surface area contributed by atoms with Gasteiger partial charge in [0.15, 0.2) is 17.3 Å². The van der Waals surface area contributed by atoms with E-state index in [0.29, 0.717) is 28.6 Å². The fourth-order valence-electron chi connectivity index (χ4n) is 3.41. The van der Waals surface area contributed by atoms with Crippen LogP contribution >= 0.6 is 0 Å².